The number of methoxy groups -OCH3 is 1. The Morgan fingerprint density at radius 2 is 2.23 bits per heavy atom. The summed E-state index contributed by atoms with van der Waals surface area (Å²) in [5, 5.41) is 11.6. The molecule has 0 aromatic carbocycles. The summed E-state index contributed by atoms with van der Waals surface area (Å²) in [5.41, 5.74) is 0. The normalized spacial score (nSPS) is 11.6. The first-order valence-corrected chi connectivity index (χ1v) is 4.18. The molecule has 0 heterocycles. The van der Waals surface area contributed by atoms with Crippen LogP contribution >= 0.6 is 13.5 Å². The van der Waals surface area contributed by atoms with Crippen LogP contribution < -0.4 is 5.32 Å². The van der Waals surface area contributed by atoms with Gasteiger partial charge in [-0.25, -0.2) is 0 Å². The van der Waals surface area contributed by atoms with Crippen molar-refractivity contribution >= 4 is 19.5 Å². The molecule has 0 saturated carbocycles. The van der Waals surface area contributed by atoms with E-state index in [2.05, 4.69) is 10.1 Å². The van der Waals surface area contributed by atoms with Gasteiger partial charge in [-0.15, -0.1) is 0 Å². The summed E-state index contributed by atoms with van der Waals surface area (Å²) in [6.45, 7) is 2.77. The Morgan fingerprint density at radius 3 is 2.62 bits per heavy atom. The van der Waals surface area contributed by atoms with E-state index >= 15 is 0 Å². The highest BCUT2D eigenvalue weighted by atomic mass is 32.1. The Hall–Kier alpha value is -0.260. The molecule has 1 atom stereocenters. The lowest BCUT2D eigenvalue weighted by Crippen LogP contribution is -2.38. The molecule has 5 heteroatoms. The van der Waals surface area contributed by atoms with Crippen LogP contribution in [0.4, 0.5) is 0 Å². The Bertz CT molecular complexity index is 133. The lowest BCUT2D eigenvalue weighted by molar-refractivity contribution is -0.143. The van der Waals surface area contributed by atoms with Gasteiger partial charge in [-0.05, 0) is 19.4 Å². The van der Waals surface area contributed by atoms with E-state index in [0.29, 0.717) is 6.42 Å². The number of aliphatic hydroxyl groups is 1. The number of hydrogen-bond donors (Lipinski definition) is 2. The molecule has 0 aromatic rings. The minimum Gasteiger partial charge on any atom is -0.468 e. The molecule has 2 N–H and O–H groups in total. The van der Waals surface area contributed by atoms with Crippen LogP contribution in [0.25, 0.3) is 0 Å². The van der Waals surface area contributed by atoms with Gasteiger partial charge >= 0.3 is 5.97 Å². The number of ether oxygens (including phenoxy) is 1. The molecule has 13 heavy (non-hydrogen) atoms. The number of aliphatic hydroxyl groups excluding tert-OH is 1. The smallest absolute Gasteiger partial charge is 0.322 e. The Morgan fingerprint density at radius 1 is 1.62 bits per heavy atom. The van der Waals surface area contributed by atoms with Crippen molar-refractivity contribution in [3.8, 4) is 0 Å². The van der Waals surface area contributed by atoms with Crippen molar-refractivity contribution < 1.29 is 14.6 Å². The standard InChI is InChI=1S/C8H17NO3.H2S/c1-3-5-9-7(4-6-10)8(11)12-2;/h7,9-10H,3-6H2,1-2H3;1H2. The van der Waals surface area contributed by atoms with Gasteiger partial charge in [-0.1, -0.05) is 6.92 Å². The van der Waals surface area contributed by atoms with Gasteiger partial charge < -0.3 is 15.2 Å². The van der Waals surface area contributed by atoms with Crippen molar-refractivity contribution in [1.29, 1.82) is 0 Å². The van der Waals surface area contributed by atoms with Crippen molar-refractivity contribution in [3.63, 3.8) is 0 Å². The third-order valence-electron chi connectivity index (χ3n) is 1.54. The predicted molar refractivity (Wildman–Crippen MR) is 56.2 cm³/mol. The maximum absolute atomic E-state index is 11.0. The summed E-state index contributed by atoms with van der Waals surface area (Å²) < 4.78 is 4.55. The average molecular weight is 209 g/mol. The van der Waals surface area contributed by atoms with Crippen LogP contribution in [0.15, 0.2) is 0 Å². The highest BCUT2D eigenvalue weighted by molar-refractivity contribution is 7.59. The van der Waals surface area contributed by atoms with Crippen LogP contribution in [0.3, 0.4) is 0 Å². The van der Waals surface area contributed by atoms with Crippen molar-refractivity contribution in [3.05, 3.63) is 0 Å². The maximum atomic E-state index is 11.0. The molecule has 0 rings (SSSR count). The monoisotopic (exact) mass is 209 g/mol. The van der Waals surface area contributed by atoms with Crippen LogP contribution in [0.1, 0.15) is 19.8 Å². The predicted octanol–water partition coefficient (Wildman–Crippen LogP) is 0.0228. The summed E-state index contributed by atoms with van der Waals surface area (Å²) in [6, 6.07) is -0.361. The zero-order valence-corrected chi connectivity index (χ0v) is 9.17. The van der Waals surface area contributed by atoms with Gasteiger partial charge in [0, 0.05) is 6.61 Å². The molecule has 0 aliphatic carbocycles. The third-order valence-corrected chi connectivity index (χ3v) is 1.54. The van der Waals surface area contributed by atoms with Gasteiger partial charge in [0.2, 0.25) is 0 Å². The van der Waals surface area contributed by atoms with E-state index in [4.69, 9.17) is 5.11 Å². The van der Waals surface area contributed by atoms with Gasteiger partial charge in [-0.3, -0.25) is 4.79 Å². The first kappa shape index (κ1) is 15.2. The van der Waals surface area contributed by atoms with Gasteiger partial charge in [-0.2, -0.15) is 13.5 Å². The van der Waals surface area contributed by atoms with Crippen LogP contribution in [0, 0.1) is 0 Å². The fourth-order valence-corrected chi connectivity index (χ4v) is 0.893. The molecule has 0 fully saturated rings. The number of esters is 1. The molecule has 0 radical (unpaired) electrons. The molecule has 0 amide bonds. The molecule has 0 aliphatic heterocycles. The van der Waals surface area contributed by atoms with E-state index < -0.39 is 0 Å². The summed E-state index contributed by atoms with van der Waals surface area (Å²) in [6.07, 6.45) is 1.37. The number of carbonyl (C=O) groups excluding carboxylic acids is 1. The number of hydrogen-bond acceptors (Lipinski definition) is 4. The second kappa shape index (κ2) is 9.83. The second-order valence-electron chi connectivity index (χ2n) is 2.54. The lowest BCUT2D eigenvalue weighted by Gasteiger charge is -2.14. The Kier molecular flexibility index (Phi) is 11.5. The van der Waals surface area contributed by atoms with Gasteiger partial charge in [0.15, 0.2) is 0 Å². The summed E-state index contributed by atoms with van der Waals surface area (Å²) in [5.74, 6) is -0.308. The fourth-order valence-electron chi connectivity index (χ4n) is 0.893. The SMILES string of the molecule is CCCNC(CCO)C(=O)OC.S. The van der Waals surface area contributed by atoms with Gasteiger partial charge in [0.1, 0.15) is 6.04 Å². The topological polar surface area (TPSA) is 58.6 Å². The highest BCUT2D eigenvalue weighted by Crippen LogP contribution is 1.94. The maximum Gasteiger partial charge on any atom is 0.322 e. The molecule has 0 bridgehead atoms. The number of carbonyl (C=O) groups is 1. The van der Waals surface area contributed by atoms with Crippen molar-refractivity contribution in [2.45, 2.75) is 25.8 Å². The van der Waals surface area contributed by atoms with E-state index in [9.17, 15) is 4.79 Å². The molecule has 0 spiro atoms. The highest BCUT2D eigenvalue weighted by Gasteiger charge is 2.16. The van der Waals surface area contributed by atoms with E-state index in [0.717, 1.165) is 13.0 Å². The van der Waals surface area contributed by atoms with Crippen LogP contribution in [0.5, 0.6) is 0 Å². The lowest BCUT2D eigenvalue weighted by atomic mass is 10.2. The van der Waals surface area contributed by atoms with E-state index in [-0.39, 0.29) is 32.1 Å². The first-order valence-electron chi connectivity index (χ1n) is 4.18. The largest absolute Gasteiger partial charge is 0.468 e. The molecule has 0 aromatic heterocycles. The minimum atomic E-state index is -0.361. The Balaban J connectivity index is 0. The quantitative estimate of drug-likeness (QED) is 0.606. The van der Waals surface area contributed by atoms with Crippen molar-refractivity contribution in [1.82, 2.24) is 5.32 Å². The van der Waals surface area contributed by atoms with Crippen LogP contribution in [-0.2, 0) is 9.53 Å². The van der Waals surface area contributed by atoms with E-state index in [1.807, 2.05) is 6.92 Å². The molecule has 0 saturated heterocycles. The molecule has 4 nitrogen and oxygen atoms in total. The molecular weight excluding hydrogens is 190 g/mol. The molecular formula is C8H19NO3S. The second-order valence-corrected chi connectivity index (χ2v) is 2.54. The first-order chi connectivity index (χ1) is 5.76. The van der Waals surface area contributed by atoms with Gasteiger partial charge in [0.05, 0.1) is 7.11 Å². The molecule has 80 valence electrons. The van der Waals surface area contributed by atoms with Crippen LogP contribution in [0.2, 0.25) is 0 Å². The minimum absolute atomic E-state index is 0. The summed E-state index contributed by atoms with van der Waals surface area (Å²) >= 11 is 0. The summed E-state index contributed by atoms with van der Waals surface area (Å²) in [7, 11) is 1.35. The summed E-state index contributed by atoms with van der Waals surface area (Å²) in [4.78, 5) is 11.0. The third kappa shape index (κ3) is 6.86. The van der Waals surface area contributed by atoms with Crippen LogP contribution in [-0.4, -0.2) is 37.4 Å². The average Bonchev–Trinajstić information content (AvgIpc) is 2.11. The Labute approximate surface area is 86.1 Å². The number of nitrogens with one attached hydrogen (secondary N) is 1. The van der Waals surface area contributed by atoms with Crippen molar-refractivity contribution in [2.24, 2.45) is 0 Å². The van der Waals surface area contributed by atoms with E-state index in [1.54, 1.807) is 0 Å². The number of rotatable bonds is 6. The molecule has 0 aliphatic rings. The van der Waals surface area contributed by atoms with E-state index in [1.165, 1.54) is 7.11 Å². The van der Waals surface area contributed by atoms with Gasteiger partial charge in [0.25, 0.3) is 0 Å². The zero-order valence-electron chi connectivity index (χ0n) is 8.17. The molecule has 1 unspecified atom stereocenters. The fraction of sp³-hybridized carbons (Fsp3) is 0.875. The van der Waals surface area contributed by atoms with Crippen molar-refractivity contribution in [2.75, 3.05) is 20.3 Å². The zero-order chi connectivity index (χ0) is 9.40.